The van der Waals surface area contributed by atoms with E-state index in [-0.39, 0.29) is 11.6 Å². The predicted octanol–water partition coefficient (Wildman–Crippen LogP) is 0.0578. The van der Waals surface area contributed by atoms with Crippen molar-refractivity contribution in [1.82, 2.24) is 0 Å². The topological polar surface area (TPSA) is 60.2 Å². The Bertz CT molecular complexity index is 583. The molecule has 1 aromatic carbocycles. The summed E-state index contributed by atoms with van der Waals surface area (Å²) in [6.07, 6.45) is 0. The van der Waals surface area contributed by atoms with E-state index in [0.29, 0.717) is 23.4 Å². The lowest BCUT2D eigenvalue weighted by Crippen LogP contribution is -3.14. The number of benzene rings is 1. The van der Waals surface area contributed by atoms with Crippen molar-refractivity contribution in [3.8, 4) is 0 Å². The van der Waals surface area contributed by atoms with Gasteiger partial charge >= 0.3 is 0 Å². The van der Waals surface area contributed by atoms with E-state index in [4.69, 9.17) is 4.74 Å². The lowest BCUT2D eigenvalue weighted by molar-refractivity contribution is -0.906. The maximum Gasteiger partial charge on any atom is 0.180 e. The van der Waals surface area contributed by atoms with Gasteiger partial charge in [-0.05, 0) is 6.92 Å². The second-order valence-electron chi connectivity index (χ2n) is 5.84. The minimum absolute atomic E-state index is 0.111. The molecule has 0 saturated carbocycles. The molecule has 2 aliphatic rings. The first-order valence-electron chi connectivity index (χ1n) is 7.78. The number of morpholine rings is 1. The van der Waals surface area contributed by atoms with Crippen LogP contribution in [0.3, 0.4) is 0 Å². The molecule has 1 fully saturated rings. The molecule has 0 aromatic heterocycles. The highest BCUT2D eigenvalue weighted by Gasteiger charge is 2.39. The van der Waals surface area contributed by atoms with Crippen LogP contribution in [-0.2, 0) is 4.74 Å². The third-order valence-electron chi connectivity index (χ3n) is 4.43. The van der Waals surface area contributed by atoms with Gasteiger partial charge in [0.05, 0.1) is 26.3 Å². The van der Waals surface area contributed by atoms with E-state index in [2.05, 4.69) is 4.99 Å². The fraction of sp³-hybridized carbons (Fsp3) is 0.471. The number of hydrogen-bond donors (Lipinski definition) is 1. The van der Waals surface area contributed by atoms with Crippen LogP contribution in [0.4, 0.5) is 0 Å². The number of rotatable bonds is 4. The SMILES string of the molecule is CC(=NCC[NH+]1CCOCC1)C1C(=O)c2ccccc2C1=O. The van der Waals surface area contributed by atoms with Crippen molar-refractivity contribution in [3.05, 3.63) is 35.4 Å². The third kappa shape index (κ3) is 2.87. The normalized spacial score (nSPS) is 20.5. The number of aliphatic imine (C=N–C) groups is 1. The molecular formula is C17H21N2O3+. The number of fused-ring (bicyclic) bond motifs is 1. The fourth-order valence-electron chi connectivity index (χ4n) is 3.11. The minimum atomic E-state index is -0.711. The van der Waals surface area contributed by atoms with Crippen LogP contribution in [0.1, 0.15) is 27.6 Å². The first kappa shape index (κ1) is 15.1. The van der Waals surface area contributed by atoms with E-state index in [1.165, 1.54) is 4.90 Å². The lowest BCUT2D eigenvalue weighted by atomic mass is 9.99. The van der Waals surface area contributed by atoms with Crippen molar-refractivity contribution < 1.29 is 19.2 Å². The van der Waals surface area contributed by atoms with E-state index in [1.807, 2.05) is 0 Å². The zero-order chi connectivity index (χ0) is 15.5. The third-order valence-corrected chi connectivity index (χ3v) is 4.43. The lowest BCUT2D eigenvalue weighted by Gasteiger charge is -2.23. The summed E-state index contributed by atoms with van der Waals surface area (Å²) in [7, 11) is 0. The summed E-state index contributed by atoms with van der Waals surface area (Å²) in [6, 6.07) is 7.03. The molecule has 0 unspecified atom stereocenters. The van der Waals surface area contributed by atoms with Crippen molar-refractivity contribution in [3.63, 3.8) is 0 Å². The molecule has 0 bridgehead atoms. The Morgan fingerprint density at radius 3 is 2.36 bits per heavy atom. The van der Waals surface area contributed by atoms with Crippen molar-refractivity contribution in [2.75, 3.05) is 39.4 Å². The highest BCUT2D eigenvalue weighted by Crippen LogP contribution is 2.27. The summed E-state index contributed by atoms with van der Waals surface area (Å²) in [6.45, 7) is 6.96. The molecule has 22 heavy (non-hydrogen) atoms. The number of quaternary nitrogens is 1. The van der Waals surface area contributed by atoms with Gasteiger partial charge in [-0.3, -0.25) is 14.6 Å². The largest absolute Gasteiger partial charge is 0.370 e. The first-order chi connectivity index (χ1) is 10.7. The molecule has 0 radical (unpaired) electrons. The van der Waals surface area contributed by atoms with E-state index in [1.54, 1.807) is 31.2 Å². The van der Waals surface area contributed by atoms with Crippen LogP contribution in [0.25, 0.3) is 0 Å². The molecule has 0 amide bonds. The standard InChI is InChI=1S/C17H20N2O3/c1-12(18-6-7-19-8-10-22-11-9-19)15-16(20)13-4-2-3-5-14(13)17(15)21/h2-5,15H,6-11H2,1H3/p+1. The fourth-order valence-corrected chi connectivity index (χ4v) is 3.11. The molecule has 3 rings (SSSR count). The Balaban J connectivity index is 1.65. The molecule has 1 N–H and O–H groups in total. The smallest absolute Gasteiger partial charge is 0.180 e. The molecule has 5 heteroatoms. The quantitative estimate of drug-likeness (QED) is 0.632. The Labute approximate surface area is 130 Å². The van der Waals surface area contributed by atoms with Crippen LogP contribution in [0, 0.1) is 5.92 Å². The summed E-state index contributed by atoms with van der Waals surface area (Å²) in [5, 5.41) is 0. The predicted molar refractivity (Wildman–Crippen MR) is 83.0 cm³/mol. The van der Waals surface area contributed by atoms with Crippen LogP contribution >= 0.6 is 0 Å². The van der Waals surface area contributed by atoms with Gasteiger partial charge in [-0.2, -0.15) is 0 Å². The number of carbonyl (C=O) groups is 2. The van der Waals surface area contributed by atoms with Gasteiger partial charge in [0.25, 0.3) is 0 Å². The van der Waals surface area contributed by atoms with E-state index >= 15 is 0 Å². The Hall–Kier alpha value is -1.85. The van der Waals surface area contributed by atoms with Gasteiger partial charge in [0.2, 0.25) is 0 Å². The number of Topliss-reactive ketones (excluding diaryl/α,β-unsaturated/α-hetero) is 2. The number of nitrogens with one attached hydrogen (secondary N) is 1. The first-order valence-corrected chi connectivity index (χ1v) is 7.78. The van der Waals surface area contributed by atoms with Gasteiger partial charge in [0.15, 0.2) is 11.6 Å². The monoisotopic (exact) mass is 301 g/mol. The maximum atomic E-state index is 12.4. The molecule has 1 aliphatic heterocycles. The van der Waals surface area contributed by atoms with Crippen molar-refractivity contribution in [2.45, 2.75) is 6.92 Å². The van der Waals surface area contributed by atoms with Gasteiger partial charge < -0.3 is 9.64 Å². The van der Waals surface area contributed by atoms with Crippen LogP contribution in [0.15, 0.2) is 29.3 Å². The number of ether oxygens (including phenoxy) is 1. The van der Waals surface area contributed by atoms with Crippen molar-refractivity contribution in [2.24, 2.45) is 10.9 Å². The molecular weight excluding hydrogens is 280 g/mol. The second kappa shape index (κ2) is 6.50. The highest BCUT2D eigenvalue weighted by molar-refractivity contribution is 6.36. The minimum Gasteiger partial charge on any atom is -0.370 e. The van der Waals surface area contributed by atoms with Gasteiger partial charge in [0.1, 0.15) is 19.0 Å². The second-order valence-corrected chi connectivity index (χ2v) is 5.84. The maximum absolute atomic E-state index is 12.4. The number of carbonyl (C=O) groups excluding carboxylic acids is 2. The average molecular weight is 301 g/mol. The van der Waals surface area contributed by atoms with Crippen LogP contribution in [-0.4, -0.2) is 56.7 Å². The van der Waals surface area contributed by atoms with E-state index in [0.717, 1.165) is 32.8 Å². The van der Waals surface area contributed by atoms with Crippen LogP contribution in [0.2, 0.25) is 0 Å². The molecule has 116 valence electrons. The Morgan fingerprint density at radius 2 is 1.77 bits per heavy atom. The van der Waals surface area contributed by atoms with Gasteiger partial charge in [-0.25, -0.2) is 0 Å². The van der Waals surface area contributed by atoms with Crippen molar-refractivity contribution in [1.29, 1.82) is 0 Å². The number of hydrogen-bond acceptors (Lipinski definition) is 4. The Morgan fingerprint density at radius 1 is 1.18 bits per heavy atom. The zero-order valence-electron chi connectivity index (χ0n) is 12.8. The van der Waals surface area contributed by atoms with E-state index < -0.39 is 5.92 Å². The number of ketones is 2. The molecule has 1 saturated heterocycles. The highest BCUT2D eigenvalue weighted by atomic mass is 16.5. The summed E-state index contributed by atoms with van der Waals surface area (Å²) >= 11 is 0. The van der Waals surface area contributed by atoms with E-state index in [9.17, 15) is 9.59 Å². The molecule has 0 spiro atoms. The molecule has 0 atom stereocenters. The van der Waals surface area contributed by atoms with Crippen molar-refractivity contribution >= 4 is 17.3 Å². The zero-order valence-corrected chi connectivity index (χ0v) is 12.8. The molecule has 5 nitrogen and oxygen atoms in total. The van der Waals surface area contributed by atoms with Crippen LogP contribution in [0.5, 0.6) is 0 Å². The Kier molecular flexibility index (Phi) is 4.45. The summed E-state index contributed by atoms with van der Waals surface area (Å²) in [4.78, 5) is 30.7. The molecule has 1 aliphatic carbocycles. The van der Waals surface area contributed by atoms with Gasteiger partial charge in [0, 0.05) is 16.8 Å². The average Bonchev–Trinajstić information content (AvgIpc) is 2.80. The summed E-state index contributed by atoms with van der Waals surface area (Å²) in [5.41, 5.74) is 1.70. The van der Waals surface area contributed by atoms with Gasteiger partial charge in [-0.1, -0.05) is 24.3 Å². The summed E-state index contributed by atoms with van der Waals surface area (Å²) in [5.74, 6) is -0.932. The number of nitrogens with zero attached hydrogens (tertiary/aromatic N) is 1. The molecule has 1 heterocycles. The van der Waals surface area contributed by atoms with Gasteiger partial charge in [-0.15, -0.1) is 0 Å². The van der Waals surface area contributed by atoms with Crippen LogP contribution < -0.4 is 4.90 Å². The molecule has 1 aromatic rings. The summed E-state index contributed by atoms with van der Waals surface area (Å²) < 4.78 is 5.33.